The third kappa shape index (κ3) is 2.87. The Morgan fingerprint density at radius 1 is 1.27 bits per heavy atom. The van der Waals surface area contributed by atoms with Crippen molar-refractivity contribution < 1.29 is 9.53 Å². The normalized spacial score (nSPS) is 10.5. The number of carbonyl (C=O) groups excluding carboxylic acids is 1. The van der Waals surface area contributed by atoms with E-state index < -0.39 is 0 Å². The van der Waals surface area contributed by atoms with Crippen molar-refractivity contribution in [3.63, 3.8) is 0 Å². The largest absolute Gasteiger partial charge is 0.497 e. The van der Waals surface area contributed by atoms with E-state index in [2.05, 4.69) is 4.98 Å². The van der Waals surface area contributed by atoms with Gasteiger partial charge in [0.15, 0.2) is 0 Å². The molecule has 0 fully saturated rings. The van der Waals surface area contributed by atoms with Gasteiger partial charge < -0.3 is 4.74 Å². The first-order chi connectivity index (χ1) is 10.7. The van der Waals surface area contributed by atoms with E-state index >= 15 is 0 Å². The summed E-state index contributed by atoms with van der Waals surface area (Å²) in [6.45, 7) is 0. The van der Waals surface area contributed by atoms with E-state index in [0.29, 0.717) is 10.0 Å². The standard InChI is InChI=1S/C15H13N3O2S2/c1-20-11-5-2-4-10(8-11)12-9-22-15(17-12)18(16)14(19)13-6-3-7-21-13/h2-9H,16H2,1H3. The Morgan fingerprint density at radius 2 is 2.14 bits per heavy atom. The van der Waals surface area contributed by atoms with Crippen molar-refractivity contribution in [1.29, 1.82) is 0 Å². The SMILES string of the molecule is COc1cccc(-c2csc(N(N)C(=O)c3cccs3)n2)c1. The van der Waals surface area contributed by atoms with Crippen LogP contribution in [0.3, 0.4) is 0 Å². The van der Waals surface area contributed by atoms with Crippen LogP contribution < -0.4 is 15.6 Å². The number of carbonyl (C=O) groups is 1. The van der Waals surface area contributed by atoms with Gasteiger partial charge in [0, 0.05) is 10.9 Å². The van der Waals surface area contributed by atoms with Crippen molar-refractivity contribution in [2.24, 2.45) is 5.84 Å². The molecule has 7 heteroatoms. The summed E-state index contributed by atoms with van der Waals surface area (Å²) in [7, 11) is 1.62. The van der Waals surface area contributed by atoms with Crippen LogP contribution in [0.1, 0.15) is 9.67 Å². The van der Waals surface area contributed by atoms with Crippen LogP contribution in [0.4, 0.5) is 5.13 Å². The Labute approximate surface area is 135 Å². The fourth-order valence-corrected chi connectivity index (χ4v) is 3.31. The summed E-state index contributed by atoms with van der Waals surface area (Å²) in [4.78, 5) is 17.2. The molecule has 0 spiro atoms. The van der Waals surface area contributed by atoms with E-state index in [0.717, 1.165) is 22.0 Å². The molecule has 0 radical (unpaired) electrons. The Kier molecular flexibility index (Phi) is 4.19. The summed E-state index contributed by atoms with van der Waals surface area (Å²) in [5, 5.41) is 5.24. The van der Waals surface area contributed by atoms with Gasteiger partial charge in [-0.2, -0.15) is 0 Å². The highest BCUT2D eigenvalue weighted by Crippen LogP contribution is 2.29. The Bertz CT molecular complexity index is 784. The summed E-state index contributed by atoms with van der Waals surface area (Å²) in [6.07, 6.45) is 0. The Morgan fingerprint density at radius 3 is 2.86 bits per heavy atom. The summed E-state index contributed by atoms with van der Waals surface area (Å²) < 4.78 is 5.21. The summed E-state index contributed by atoms with van der Waals surface area (Å²) >= 11 is 2.68. The number of benzene rings is 1. The van der Waals surface area contributed by atoms with Gasteiger partial charge >= 0.3 is 0 Å². The number of ether oxygens (including phenoxy) is 1. The number of nitrogens with two attached hydrogens (primary N) is 1. The topological polar surface area (TPSA) is 68.5 Å². The van der Waals surface area contributed by atoms with Crippen molar-refractivity contribution in [2.45, 2.75) is 0 Å². The maximum absolute atomic E-state index is 12.2. The maximum Gasteiger partial charge on any atom is 0.284 e. The minimum atomic E-state index is -0.262. The number of nitrogens with zero attached hydrogens (tertiary/aromatic N) is 2. The molecule has 0 aliphatic heterocycles. The van der Waals surface area contributed by atoms with Gasteiger partial charge in [-0.05, 0) is 23.6 Å². The van der Waals surface area contributed by atoms with Gasteiger partial charge in [0.05, 0.1) is 17.7 Å². The molecule has 0 aliphatic rings. The number of thiophene rings is 1. The average Bonchev–Trinajstić information content (AvgIpc) is 3.25. The van der Waals surface area contributed by atoms with E-state index in [9.17, 15) is 4.79 Å². The van der Waals surface area contributed by atoms with Gasteiger partial charge in [-0.3, -0.25) is 4.79 Å². The molecule has 0 saturated heterocycles. The summed E-state index contributed by atoms with van der Waals surface area (Å²) in [5.41, 5.74) is 1.67. The highest BCUT2D eigenvalue weighted by Gasteiger charge is 2.18. The van der Waals surface area contributed by atoms with E-state index in [1.165, 1.54) is 22.7 Å². The molecular formula is C15H13N3O2S2. The lowest BCUT2D eigenvalue weighted by Crippen LogP contribution is -2.36. The van der Waals surface area contributed by atoms with Crippen LogP contribution >= 0.6 is 22.7 Å². The predicted octanol–water partition coefficient (Wildman–Crippen LogP) is 3.40. The van der Waals surface area contributed by atoms with Crippen molar-refractivity contribution in [3.05, 3.63) is 52.0 Å². The number of amides is 1. The number of thiazole rings is 1. The van der Waals surface area contributed by atoms with Crippen LogP contribution in [0.15, 0.2) is 47.2 Å². The quantitative estimate of drug-likeness (QED) is 0.452. The zero-order chi connectivity index (χ0) is 15.5. The van der Waals surface area contributed by atoms with Crippen LogP contribution in [0.5, 0.6) is 5.75 Å². The third-order valence-corrected chi connectivity index (χ3v) is 4.71. The second-order valence-electron chi connectivity index (χ2n) is 4.40. The average molecular weight is 331 g/mol. The molecule has 0 saturated carbocycles. The minimum absolute atomic E-state index is 0.262. The molecule has 0 atom stereocenters. The molecule has 22 heavy (non-hydrogen) atoms. The molecule has 2 N–H and O–H groups in total. The maximum atomic E-state index is 12.2. The molecule has 3 aromatic rings. The number of methoxy groups -OCH3 is 1. The monoisotopic (exact) mass is 331 g/mol. The third-order valence-electron chi connectivity index (χ3n) is 3.01. The lowest BCUT2D eigenvalue weighted by molar-refractivity contribution is 0.0990. The summed E-state index contributed by atoms with van der Waals surface area (Å²) in [6, 6.07) is 11.1. The number of hydrogen-bond donors (Lipinski definition) is 1. The van der Waals surface area contributed by atoms with Crippen molar-refractivity contribution in [3.8, 4) is 17.0 Å². The fourth-order valence-electron chi connectivity index (χ4n) is 1.90. The van der Waals surface area contributed by atoms with Gasteiger partial charge in [-0.25, -0.2) is 15.8 Å². The predicted molar refractivity (Wildman–Crippen MR) is 89.4 cm³/mol. The molecule has 2 aromatic heterocycles. The molecule has 2 heterocycles. The molecule has 0 unspecified atom stereocenters. The van der Waals surface area contributed by atoms with Crippen molar-refractivity contribution in [2.75, 3.05) is 12.1 Å². The number of rotatable bonds is 4. The van der Waals surface area contributed by atoms with E-state index in [4.69, 9.17) is 10.6 Å². The Balaban J connectivity index is 1.85. The molecule has 1 amide bonds. The van der Waals surface area contributed by atoms with Crippen LogP contribution in [0.25, 0.3) is 11.3 Å². The second kappa shape index (κ2) is 6.27. The van der Waals surface area contributed by atoms with E-state index in [1.807, 2.05) is 41.1 Å². The van der Waals surface area contributed by atoms with E-state index in [1.54, 1.807) is 13.2 Å². The van der Waals surface area contributed by atoms with Crippen molar-refractivity contribution >= 4 is 33.7 Å². The summed E-state index contributed by atoms with van der Waals surface area (Å²) in [5.74, 6) is 6.38. The van der Waals surface area contributed by atoms with Crippen LogP contribution in [0.2, 0.25) is 0 Å². The highest BCUT2D eigenvalue weighted by atomic mass is 32.1. The molecule has 0 bridgehead atoms. The molecule has 0 aliphatic carbocycles. The molecule has 3 rings (SSSR count). The number of anilines is 1. The van der Waals surface area contributed by atoms with Crippen molar-refractivity contribution in [1.82, 2.24) is 4.98 Å². The molecule has 5 nitrogen and oxygen atoms in total. The number of hydrazine groups is 1. The van der Waals surface area contributed by atoms with Gasteiger partial charge in [-0.15, -0.1) is 22.7 Å². The molecule has 1 aromatic carbocycles. The fraction of sp³-hybridized carbons (Fsp3) is 0.0667. The second-order valence-corrected chi connectivity index (χ2v) is 6.18. The van der Waals surface area contributed by atoms with Crippen LogP contribution in [-0.4, -0.2) is 18.0 Å². The molecular weight excluding hydrogens is 318 g/mol. The zero-order valence-corrected chi connectivity index (χ0v) is 13.4. The van der Waals surface area contributed by atoms with E-state index in [-0.39, 0.29) is 5.91 Å². The van der Waals surface area contributed by atoms with Gasteiger partial charge in [0.1, 0.15) is 5.75 Å². The van der Waals surface area contributed by atoms with Crippen LogP contribution in [-0.2, 0) is 0 Å². The first kappa shape index (κ1) is 14.7. The van der Waals surface area contributed by atoms with Gasteiger partial charge in [-0.1, -0.05) is 18.2 Å². The molecule has 112 valence electrons. The smallest absolute Gasteiger partial charge is 0.284 e. The van der Waals surface area contributed by atoms with Gasteiger partial charge in [0.25, 0.3) is 5.91 Å². The first-order valence-corrected chi connectivity index (χ1v) is 8.17. The highest BCUT2D eigenvalue weighted by molar-refractivity contribution is 7.14. The lowest BCUT2D eigenvalue weighted by Gasteiger charge is -2.11. The van der Waals surface area contributed by atoms with Gasteiger partial charge in [0.2, 0.25) is 5.13 Å². The Hall–Kier alpha value is -2.22. The zero-order valence-electron chi connectivity index (χ0n) is 11.7. The van der Waals surface area contributed by atoms with Crippen LogP contribution in [0, 0.1) is 0 Å². The lowest BCUT2D eigenvalue weighted by atomic mass is 10.2. The minimum Gasteiger partial charge on any atom is -0.497 e. The number of aromatic nitrogens is 1. The first-order valence-electron chi connectivity index (χ1n) is 6.41. The number of hydrogen-bond acceptors (Lipinski definition) is 6.